The molecule has 0 spiro atoms. The second-order valence-corrected chi connectivity index (χ2v) is 5.04. The predicted molar refractivity (Wildman–Crippen MR) is 82.7 cm³/mol. The van der Waals surface area contributed by atoms with Gasteiger partial charge in [0.25, 0.3) is 5.91 Å². The average Bonchev–Trinajstić information content (AvgIpc) is 2.93. The fraction of sp³-hybridized carbons (Fsp3) is 0.312. The molecule has 0 aliphatic carbocycles. The number of aromatic nitrogens is 1. The molecule has 1 N–H and O–H groups in total. The van der Waals surface area contributed by atoms with Crippen LogP contribution in [0.2, 0.25) is 0 Å². The van der Waals surface area contributed by atoms with Gasteiger partial charge in [-0.2, -0.15) is 0 Å². The number of aryl methyl sites for hydroxylation is 2. The lowest BCUT2D eigenvalue weighted by Gasteiger charge is -2.16. The second kappa shape index (κ2) is 6.89. The Morgan fingerprint density at radius 1 is 1.32 bits per heavy atom. The van der Waals surface area contributed by atoms with Gasteiger partial charge in [-0.1, -0.05) is 30.3 Å². The maximum Gasteiger partial charge on any atom is 0.276 e. The summed E-state index contributed by atoms with van der Waals surface area (Å²) in [4.78, 5) is 25.5. The monoisotopic (exact) mass is 301 g/mol. The van der Waals surface area contributed by atoms with Gasteiger partial charge < -0.3 is 14.7 Å². The zero-order valence-electron chi connectivity index (χ0n) is 12.9. The number of anilines is 1. The Kier molecular flexibility index (Phi) is 4.93. The summed E-state index contributed by atoms with van der Waals surface area (Å²) < 4.78 is 4.87. The van der Waals surface area contributed by atoms with Crippen LogP contribution >= 0.6 is 0 Å². The van der Waals surface area contributed by atoms with E-state index in [9.17, 15) is 9.59 Å². The van der Waals surface area contributed by atoms with E-state index < -0.39 is 0 Å². The molecule has 116 valence electrons. The molecular formula is C16H19N3O3. The molecule has 0 aliphatic heterocycles. The summed E-state index contributed by atoms with van der Waals surface area (Å²) in [6.45, 7) is 3.68. The number of carbonyl (C=O) groups excluding carboxylic acids is 2. The molecule has 2 rings (SSSR count). The molecule has 2 amide bonds. The fourth-order valence-electron chi connectivity index (χ4n) is 2.09. The maximum atomic E-state index is 12.1. The quantitative estimate of drug-likeness (QED) is 0.919. The number of amides is 2. The third-order valence-electron chi connectivity index (χ3n) is 3.25. The van der Waals surface area contributed by atoms with Crippen molar-refractivity contribution in [1.82, 2.24) is 10.1 Å². The van der Waals surface area contributed by atoms with Crippen LogP contribution in [0.25, 0.3) is 0 Å². The lowest BCUT2D eigenvalue weighted by atomic mass is 10.1. The van der Waals surface area contributed by atoms with Crippen molar-refractivity contribution in [3.8, 4) is 0 Å². The molecule has 0 fully saturated rings. The van der Waals surface area contributed by atoms with Crippen molar-refractivity contribution in [3.63, 3.8) is 0 Å². The van der Waals surface area contributed by atoms with Gasteiger partial charge in [-0.05, 0) is 25.0 Å². The van der Waals surface area contributed by atoms with Gasteiger partial charge in [-0.25, -0.2) is 0 Å². The van der Waals surface area contributed by atoms with Gasteiger partial charge >= 0.3 is 0 Å². The number of rotatable bonds is 5. The molecule has 0 saturated carbocycles. The summed E-state index contributed by atoms with van der Waals surface area (Å²) in [6, 6.07) is 9.14. The molecule has 0 saturated heterocycles. The van der Waals surface area contributed by atoms with E-state index in [0.717, 1.165) is 17.7 Å². The topological polar surface area (TPSA) is 75.4 Å². The van der Waals surface area contributed by atoms with E-state index in [1.165, 1.54) is 4.90 Å². The molecule has 0 radical (unpaired) electrons. The van der Waals surface area contributed by atoms with Crippen LogP contribution in [0.3, 0.4) is 0 Å². The first-order valence-electron chi connectivity index (χ1n) is 7.07. The lowest BCUT2D eigenvalue weighted by molar-refractivity contribution is -0.116. The number of nitrogens with one attached hydrogen (secondary N) is 1. The summed E-state index contributed by atoms with van der Waals surface area (Å²) in [7, 11) is 1.55. The molecule has 1 heterocycles. The number of likely N-dealkylation sites (N-methyl/N-ethyl adjacent to an activating group) is 1. The van der Waals surface area contributed by atoms with Gasteiger partial charge in [-0.3, -0.25) is 9.59 Å². The van der Waals surface area contributed by atoms with E-state index in [0.29, 0.717) is 5.76 Å². The smallest absolute Gasteiger partial charge is 0.276 e. The van der Waals surface area contributed by atoms with Crippen molar-refractivity contribution in [1.29, 1.82) is 0 Å². The van der Waals surface area contributed by atoms with Crippen molar-refractivity contribution >= 4 is 17.5 Å². The number of hydrogen-bond acceptors (Lipinski definition) is 4. The molecule has 2 aromatic rings. The molecule has 0 atom stereocenters. The molecule has 1 aromatic heterocycles. The van der Waals surface area contributed by atoms with Gasteiger partial charge in [0.05, 0.1) is 6.54 Å². The first kappa shape index (κ1) is 15.8. The second-order valence-electron chi connectivity index (χ2n) is 5.04. The van der Waals surface area contributed by atoms with Crippen LogP contribution in [-0.2, 0) is 11.2 Å². The maximum absolute atomic E-state index is 12.1. The summed E-state index contributed by atoms with van der Waals surface area (Å²) in [5, 5.41) is 6.48. The third-order valence-corrected chi connectivity index (χ3v) is 3.25. The Morgan fingerprint density at radius 2 is 2.05 bits per heavy atom. The first-order chi connectivity index (χ1) is 10.5. The van der Waals surface area contributed by atoms with Crippen LogP contribution < -0.4 is 5.32 Å². The first-order valence-corrected chi connectivity index (χ1v) is 7.07. The predicted octanol–water partition coefficient (Wildman–Crippen LogP) is 2.26. The van der Waals surface area contributed by atoms with Crippen LogP contribution in [0.1, 0.15) is 28.7 Å². The number of nitrogens with zero attached hydrogens (tertiary/aromatic N) is 2. The minimum atomic E-state index is -0.351. The summed E-state index contributed by atoms with van der Waals surface area (Å²) in [5.74, 6) is -0.0502. The Balaban J connectivity index is 1.98. The lowest BCUT2D eigenvalue weighted by Crippen LogP contribution is -2.35. The fourth-order valence-corrected chi connectivity index (χ4v) is 2.09. The van der Waals surface area contributed by atoms with Crippen molar-refractivity contribution < 1.29 is 14.1 Å². The van der Waals surface area contributed by atoms with E-state index in [1.54, 1.807) is 20.0 Å². The summed E-state index contributed by atoms with van der Waals surface area (Å²) in [6.07, 6.45) is 0.823. The van der Waals surface area contributed by atoms with E-state index in [2.05, 4.69) is 10.5 Å². The standard InChI is InChI=1S/C16H19N3O3/c1-4-12-7-5-6-8-13(12)17-15(20)10-19(3)16(21)14-9-11(2)22-18-14/h5-9H,4,10H2,1-3H3,(H,17,20). The molecule has 22 heavy (non-hydrogen) atoms. The largest absolute Gasteiger partial charge is 0.361 e. The van der Waals surface area contributed by atoms with Crippen molar-refractivity contribution in [2.45, 2.75) is 20.3 Å². The normalized spacial score (nSPS) is 10.3. The minimum Gasteiger partial charge on any atom is -0.361 e. The number of carbonyl (C=O) groups is 2. The summed E-state index contributed by atoms with van der Waals surface area (Å²) in [5.41, 5.74) is 2.02. The van der Waals surface area contributed by atoms with Crippen LogP contribution in [0, 0.1) is 6.92 Å². The van der Waals surface area contributed by atoms with E-state index in [-0.39, 0.29) is 24.1 Å². The van der Waals surface area contributed by atoms with Gasteiger partial charge in [0.1, 0.15) is 5.76 Å². The van der Waals surface area contributed by atoms with E-state index >= 15 is 0 Å². The van der Waals surface area contributed by atoms with Gasteiger partial charge in [-0.15, -0.1) is 0 Å². The molecule has 6 nitrogen and oxygen atoms in total. The van der Waals surface area contributed by atoms with Crippen molar-refractivity contribution in [2.24, 2.45) is 0 Å². The highest BCUT2D eigenvalue weighted by Crippen LogP contribution is 2.15. The van der Waals surface area contributed by atoms with Gasteiger partial charge in [0.2, 0.25) is 5.91 Å². The molecule has 1 aromatic carbocycles. The molecule has 6 heteroatoms. The van der Waals surface area contributed by atoms with Crippen molar-refractivity contribution in [2.75, 3.05) is 18.9 Å². The van der Waals surface area contributed by atoms with Crippen LogP contribution in [0.15, 0.2) is 34.9 Å². The highest BCUT2D eigenvalue weighted by Gasteiger charge is 2.18. The molecule has 0 bridgehead atoms. The van der Waals surface area contributed by atoms with Gasteiger partial charge in [0, 0.05) is 18.8 Å². The minimum absolute atomic E-state index is 0.0528. The van der Waals surface area contributed by atoms with E-state index in [4.69, 9.17) is 4.52 Å². The number of benzene rings is 1. The van der Waals surface area contributed by atoms with Gasteiger partial charge in [0.15, 0.2) is 5.69 Å². The van der Waals surface area contributed by atoms with Crippen molar-refractivity contribution in [3.05, 3.63) is 47.3 Å². The van der Waals surface area contributed by atoms with Crippen LogP contribution in [-0.4, -0.2) is 35.5 Å². The summed E-state index contributed by atoms with van der Waals surface area (Å²) >= 11 is 0. The molecule has 0 aliphatic rings. The highest BCUT2D eigenvalue weighted by molar-refractivity contribution is 5.98. The molecular weight excluding hydrogens is 282 g/mol. The zero-order valence-corrected chi connectivity index (χ0v) is 12.9. The zero-order chi connectivity index (χ0) is 16.1. The number of para-hydroxylation sites is 1. The Labute approximate surface area is 129 Å². The third kappa shape index (κ3) is 3.72. The molecule has 0 unspecified atom stereocenters. The average molecular weight is 301 g/mol. The number of hydrogen-bond donors (Lipinski definition) is 1. The Bertz CT molecular complexity index is 679. The van der Waals surface area contributed by atoms with E-state index in [1.807, 2.05) is 31.2 Å². The highest BCUT2D eigenvalue weighted by atomic mass is 16.5. The SMILES string of the molecule is CCc1ccccc1NC(=O)CN(C)C(=O)c1cc(C)on1. The van der Waals surface area contributed by atoms with Crippen LogP contribution in [0.5, 0.6) is 0 Å². The van der Waals surface area contributed by atoms with Crippen LogP contribution in [0.4, 0.5) is 5.69 Å². The Hall–Kier alpha value is -2.63. The Morgan fingerprint density at radius 3 is 2.68 bits per heavy atom.